The molecule has 136 valence electrons. The fourth-order valence-electron chi connectivity index (χ4n) is 2.10. The fourth-order valence-corrected chi connectivity index (χ4v) is 2.10. The Morgan fingerprint density at radius 3 is 2.84 bits per heavy atom. The topological polar surface area (TPSA) is 85.6 Å². The molecule has 25 heavy (non-hydrogen) atoms. The molecular formula is C17H26N6O2. The Hall–Kier alpha value is -2.45. The Morgan fingerprint density at radius 2 is 2.16 bits per heavy atom. The van der Waals surface area contributed by atoms with Crippen LogP contribution in [-0.2, 0) is 16.0 Å². The molecule has 2 aromatic rings. The van der Waals surface area contributed by atoms with Crippen molar-refractivity contribution in [3.05, 3.63) is 42.6 Å². The van der Waals surface area contributed by atoms with Crippen molar-refractivity contribution in [3.8, 4) is 5.82 Å². The summed E-state index contributed by atoms with van der Waals surface area (Å²) in [5.74, 6) is 1.60. The minimum Gasteiger partial charge on any atom is -0.382 e. The van der Waals surface area contributed by atoms with Crippen molar-refractivity contribution in [1.82, 2.24) is 25.2 Å². The Kier molecular flexibility index (Phi) is 8.43. The van der Waals surface area contributed by atoms with E-state index in [1.54, 1.807) is 26.7 Å². The smallest absolute Gasteiger partial charge is 0.191 e. The van der Waals surface area contributed by atoms with Crippen molar-refractivity contribution in [2.45, 2.75) is 13.0 Å². The molecule has 2 aromatic heterocycles. The van der Waals surface area contributed by atoms with E-state index in [4.69, 9.17) is 9.47 Å². The third kappa shape index (κ3) is 6.90. The second-order valence-corrected chi connectivity index (χ2v) is 5.31. The van der Waals surface area contributed by atoms with Gasteiger partial charge in [0, 0.05) is 52.4 Å². The first-order chi connectivity index (χ1) is 12.3. The van der Waals surface area contributed by atoms with Gasteiger partial charge in [0.25, 0.3) is 0 Å². The van der Waals surface area contributed by atoms with Crippen LogP contribution in [0.15, 0.2) is 42.0 Å². The lowest BCUT2D eigenvalue weighted by Crippen LogP contribution is -2.37. The van der Waals surface area contributed by atoms with E-state index in [1.165, 1.54) is 0 Å². The predicted molar refractivity (Wildman–Crippen MR) is 96.9 cm³/mol. The summed E-state index contributed by atoms with van der Waals surface area (Å²) in [5.41, 5.74) is 1.08. The molecule has 2 rings (SSSR count). The summed E-state index contributed by atoms with van der Waals surface area (Å²) in [5, 5.41) is 6.53. The summed E-state index contributed by atoms with van der Waals surface area (Å²) in [7, 11) is 3.42. The molecule has 0 unspecified atom stereocenters. The highest BCUT2D eigenvalue weighted by Gasteiger charge is 2.01. The van der Waals surface area contributed by atoms with Crippen LogP contribution >= 0.6 is 0 Å². The molecule has 0 atom stereocenters. The summed E-state index contributed by atoms with van der Waals surface area (Å²) < 4.78 is 12.2. The summed E-state index contributed by atoms with van der Waals surface area (Å²) in [4.78, 5) is 12.7. The molecule has 0 saturated carbocycles. The van der Waals surface area contributed by atoms with Crippen molar-refractivity contribution in [3.63, 3.8) is 0 Å². The monoisotopic (exact) mass is 346 g/mol. The minimum absolute atomic E-state index is 0.629. The maximum absolute atomic E-state index is 5.42. The highest BCUT2D eigenvalue weighted by Crippen LogP contribution is 2.05. The second-order valence-electron chi connectivity index (χ2n) is 5.31. The zero-order chi connectivity index (χ0) is 17.7. The van der Waals surface area contributed by atoms with Gasteiger partial charge in [-0.1, -0.05) is 6.07 Å². The molecule has 0 aromatic carbocycles. The van der Waals surface area contributed by atoms with Crippen LogP contribution in [0.4, 0.5) is 0 Å². The van der Waals surface area contributed by atoms with Crippen molar-refractivity contribution in [1.29, 1.82) is 0 Å². The first-order valence-electron chi connectivity index (χ1n) is 8.28. The van der Waals surface area contributed by atoms with Crippen LogP contribution < -0.4 is 10.6 Å². The molecule has 8 heteroatoms. The summed E-state index contributed by atoms with van der Waals surface area (Å²) in [6.07, 6.45) is 8.08. The molecule has 0 aliphatic heterocycles. The van der Waals surface area contributed by atoms with E-state index in [0.717, 1.165) is 30.3 Å². The molecule has 0 bridgehead atoms. The highest BCUT2D eigenvalue weighted by molar-refractivity contribution is 5.79. The van der Waals surface area contributed by atoms with Gasteiger partial charge in [-0.3, -0.25) is 9.56 Å². The van der Waals surface area contributed by atoms with Gasteiger partial charge in [0.05, 0.1) is 13.2 Å². The molecule has 8 nitrogen and oxygen atoms in total. The number of aliphatic imine (C=N–C) groups is 1. The number of imidazole rings is 1. The third-order valence-electron chi connectivity index (χ3n) is 3.45. The average Bonchev–Trinajstić information content (AvgIpc) is 3.18. The summed E-state index contributed by atoms with van der Waals surface area (Å²) >= 11 is 0. The molecule has 2 heterocycles. The van der Waals surface area contributed by atoms with Gasteiger partial charge in [-0.2, -0.15) is 0 Å². The number of pyridine rings is 1. The van der Waals surface area contributed by atoms with Gasteiger partial charge in [-0.05, 0) is 18.1 Å². The van der Waals surface area contributed by atoms with Crippen LogP contribution in [0.5, 0.6) is 0 Å². The number of guanidine groups is 1. The lowest BCUT2D eigenvalue weighted by Gasteiger charge is -2.12. The van der Waals surface area contributed by atoms with Gasteiger partial charge < -0.3 is 20.1 Å². The Balaban J connectivity index is 1.66. The largest absolute Gasteiger partial charge is 0.382 e. The summed E-state index contributed by atoms with van der Waals surface area (Å²) in [6.45, 7) is 3.41. The number of hydrogen-bond acceptors (Lipinski definition) is 5. The van der Waals surface area contributed by atoms with Gasteiger partial charge in [0.15, 0.2) is 5.96 Å². The molecule has 0 fully saturated rings. The number of ether oxygens (including phenoxy) is 2. The molecule has 0 radical (unpaired) electrons. The highest BCUT2D eigenvalue weighted by atomic mass is 16.5. The molecule has 0 spiro atoms. The first kappa shape index (κ1) is 18.9. The molecule has 0 amide bonds. The number of aromatic nitrogens is 3. The van der Waals surface area contributed by atoms with Gasteiger partial charge in [-0.25, -0.2) is 9.97 Å². The van der Waals surface area contributed by atoms with E-state index in [-0.39, 0.29) is 0 Å². The molecule has 0 aliphatic carbocycles. The SMILES string of the molecule is CN=C(NCCCOCCOC)NCc1ccc(-n2ccnc2)nc1. The zero-order valence-corrected chi connectivity index (χ0v) is 14.8. The van der Waals surface area contributed by atoms with Gasteiger partial charge in [-0.15, -0.1) is 0 Å². The van der Waals surface area contributed by atoms with Crippen LogP contribution in [-0.4, -0.2) is 61.0 Å². The van der Waals surface area contributed by atoms with Crippen molar-refractivity contribution < 1.29 is 9.47 Å². The van der Waals surface area contributed by atoms with E-state index in [2.05, 4.69) is 25.6 Å². The van der Waals surface area contributed by atoms with Crippen LogP contribution in [0.25, 0.3) is 5.82 Å². The maximum Gasteiger partial charge on any atom is 0.191 e. The van der Waals surface area contributed by atoms with Gasteiger partial charge in [0.2, 0.25) is 0 Å². The molecular weight excluding hydrogens is 320 g/mol. The predicted octanol–water partition coefficient (Wildman–Crippen LogP) is 0.985. The lowest BCUT2D eigenvalue weighted by atomic mass is 10.3. The van der Waals surface area contributed by atoms with Crippen LogP contribution in [0.3, 0.4) is 0 Å². The number of nitrogens with one attached hydrogen (secondary N) is 2. The van der Waals surface area contributed by atoms with E-state index < -0.39 is 0 Å². The first-order valence-corrected chi connectivity index (χ1v) is 8.28. The Bertz CT molecular complexity index is 613. The third-order valence-corrected chi connectivity index (χ3v) is 3.45. The van der Waals surface area contributed by atoms with Gasteiger partial charge in [0.1, 0.15) is 12.1 Å². The second kappa shape index (κ2) is 11.2. The number of nitrogens with zero attached hydrogens (tertiary/aromatic N) is 4. The normalized spacial score (nSPS) is 11.5. The Labute approximate surface area is 148 Å². The van der Waals surface area contributed by atoms with Crippen molar-refractivity contribution in [2.24, 2.45) is 4.99 Å². The lowest BCUT2D eigenvalue weighted by molar-refractivity contribution is 0.0698. The molecule has 0 aliphatic rings. The Morgan fingerprint density at radius 1 is 1.24 bits per heavy atom. The molecule has 0 saturated heterocycles. The quantitative estimate of drug-likeness (QED) is 0.379. The van der Waals surface area contributed by atoms with Gasteiger partial charge >= 0.3 is 0 Å². The standard InChI is InChI=1S/C17H26N6O2/c1-18-17(20-6-3-9-25-11-10-24-2)22-13-15-4-5-16(21-12-15)23-8-7-19-14-23/h4-5,7-8,12,14H,3,6,9-11,13H2,1-2H3,(H2,18,20,22). The number of methoxy groups -OCH3 is 1. The van der Waals surface area contributed by atoms with Crippen LogP contribution in [0, 0.1) is 0 Å². The number of rotatable bonds is 10. The maximum atomic E-state index is 5.42. The zero-order valence-electron chi connectivity index (χ0n) is 14.8. The average molecular weight is 346 g/mol. The van der Waals surface area contributed by atoms with Crippen molar-refractivity contribution >= 4 is 5.96 Å². The fraction of sp³-hybridized carbons (Fsp3) is 0.471. The van der Waals surface area contributed by atoms with Crippen LogP contribution in [0.1, 0.15) is 12.0 Å². The van der Waals surface area contributed by atoms with E-state index in [9.17, 15) is 0 Å². The minimum atomic E-state index is 0.629. The number of hydrogen-bond donors (Lipinski definition) is 2. The molecule has 2 N–H and O–H groups in total. The van der Waals surface area contributed by atoms with E-state index >= 15 is 0 Å². The van der Waals surface area contributed by atoms with Crippen LogP contribution in [0.2, 0.25) is 0 Å². The van der Waals surface area contributed by atoms with Crippen molar-refractivity contribution in [2.75, 3.05) is 40.5 Å². The van der Waals surface area contributed by atoms with E-state index in [1.807, 2.05) is 29.1 Å². The summed E-state index contributed by atoms with van der Waals surface area (Å²) in [6, 6.07) is 4.00. The van der Waals surface area contributed by atoms with E-state index in [0.29, 0.717) is 26.4 Å².